The molecule has 0 atom stereocenters. The van der Waals surface area contributed by atoms with Crippen LogP contribution in [0.25, 0.3) is 0 Å². The molecule has 7 nitrogen and oxygen atoms in total. The van der Waals surface area contributed by atoms with E-state index >= 15 is 0 Å². The smallest absolute Gasteiger partial charge is 0.337 e. The molecule has 0 radical (unpaired) electrons. The Kier molecular flexibility index (Phi) is 8.79. The van der Waals surface area contributed by atoms with Crippen LogP contribution in [-0.2, 0) is 11.3 Å². The standard InChI is InChI=1S/C25H24BrClN2O5/c1-3-33-22-10-16(13-28-18-8-9-21(27)19(11-18)25(31)32)20(26)12-23(22)34-14-24(30)29-17-6-4-15(2)5-7-17/h4-12,28H,3,13-14H2,1-2H3,(H,29,30)(H,31,32). The molecular formula is C25H24BrClN2O5. The Morgan fingerprint density at radius 1 is 1.00 bits per heavy atom. The fourth-order valence-corrected chi connectivity index (χ4v) is 3.73. The summed E-state index contributed by atoms with van der Waals surface area (Å²) in [7, 11) is 0. The van der Waals surface area contributed by atoms with E-state index in [-0.39, 0.29) is 23.1 Å². The summed E-state index contributed by atoms with van der Waals surface area (Å²) in [5.41, 5.74) is 3.29. The van der Waals surface area contributed by atoms with Gasteiger partial charge >= 0.3 is 5.97 Å². The first kappa shape index (κ1) is 25.4. The maximum atomic E-state index is 12.3. The molecule has 0 saturated heterocycles. The van der Waals surface area contributed by atoms with Gasteiger partial charge in [0.15, 0.2) is 18.1 Å². The van der Waals surface area contributed by atoms with Gasteiger partial charge in [-0.25, -0.2) is 4.79 Å². The number of carbonyl (C=O) groups is 2. The average molecular weight is 548 g/mol. The lowest BCUT2D eigenvalue weighted by atomic mass is 10.1. The van der Waals surface area contributed by atoms with E-state index in [0.29, 0.717) is 36.0 Å². The lowest BCUT2D eigenvalue weighted by Crippen LogP contribution is -2.20. The molecule has 0 saturated carbocycles. The lowest BCUT2D eigenvalue weighted by molar-refractivity contribution is -0.118. The topological polar surface area (TPSA) is 96.9 Å². The van der Waals surface area contributed by atoms with Crippen molar-refractivity contribution < 1.29 is 24.2 Å². The minimum atomic E-state index is -1.10. The van der Waals surface area contributed by atoms with Crippen LogP contribution in [0.3, 0.4) is 0 Å². The van der Waals surface area contributed by atoms with Crippen LogP contribution >= 0.6 is 27.5 Å². The van der Waals surface area contributed by atoms with Gasteiger partial charge in [0.1, 0.15) is 0 Å². The van der Waals surface area contributed by atoms with Gasteiger partial charge in [-0.1, -0.05) is 45.2 Å². The molecule has 0 heterocycles. The summed E-state index contributed by atoms with van der Waals surface area (Å²) in [6, 6.07) is 15.8. The Balaban J connectivity index is 1.68. The molecule has 0 spiro atoms. The first-order valence-corrected chi connectivity index (χ1v) is 11.6. The Morgan fingerprint density at radius 2 is 1.68 bits per heavy atom. The van der Waals surface area contributed by atoms with E-state index in [2.05, 4.69) is 26.6 Å². The maximum Gasteiger partial charge on any atom is 0.337 e. The summed E-state index contributed by atoms with van der Waals surface area (Å²) in [6.45, 7) is 4.45. The number of rotatable bonds is 10. The van der Waals surface area contributed by atoms with Crippen LogP contribution in [0, 0.1) is 6.92 Å². The van der Waals surface area contributed by atoms with Gasteiger partial charge in [0, 0.05) is 22.4 Å². The summed E-state index contributed by atoms with van der Waals surface area (Å²) >= 11 is 9.47. The van der Waals surface area contributed by atoms with Crippen molar-refractivity contribution in [3.05, 3.63) is 80.8 Å². The number of hydrogen-bond acceptors (Lipinski definition) is 5. The number of aryl methyl sites for hydroxylation is 1. The lowest BCUT2D eigenvalue weighted by Gasteiger charge is -2.16. The molecule has 3 N–H and O–H groups in total. The highest BCUT2D eigenvalue weighted by atomic mass is 79.9. The van der Waals surface area contributed by atoms with E-state index in [0.717, 1.165) is 15.6 Å². The molecule has 1 amide bonds. The SMILES string of the molecule is CCOc1cc(CNc2ccc(Cl)c(C(=O)O)c2)c(Br)cc1OCC(=O)Nc1ccc(C)cc1. The van der Waals surface area contributed by atoms with Crippen LogP contribution in [0.4, 0.5) is 11.4 Å². The number of carboxylic acids is 1. The van der Waals surface area contributed by atoms with Crippen molar-refractivity contribution in [1.29, 1.82) is 0 Å². The number of carbonyl (C=O) groups excluding carboxylic acids is 1. The number of amides is 1. The Hall–Kier alpha value is -3.23. The molecule has 3 aromatic carbocycles. The van der Waals surface area contributed by atoms with Gasteiger partial charge in [0.25, 0.3) is 5.91 Å². The monoisotopic (exact) mass is 546 g/mol. The third-order valence-electron chi connectivity index (χ3n) is 4.79. The van der Waals surface area contributed by atoms with Gasteiger partial charge in [-0.15, -0.1) is 0 Å². The molecule has 0 unspecified atom stereocenters. The van der Waals surface area contributed by atoms with Crippen LogP contribution in [0.15, 0.2) is 59.1 Å². The quantitative estimate of drug-likeness (QED) is 0.282. The number of nitrogens with one attached hydrogen (secondary N) is 2. The first-order chi connectivity index (χ1) is 16.3. The molecule has 3 aromatic rings. The van der Waals surface area contributed by atoms with E-state index in [1.165, 1.54) is 12.1 Å². The number of benzene rings is 3. The number of carboxylic acid groups (broad SMARTS) is 1. The molecule has 178 valence electrons. The van der Waals surface area contributed by atoms with E-state index in [1.807, 2.05) is 44.2 Å². The normalized spacial score (nSPS) is 10.5. The molecule has 0 bridgehead atoms. The van der Waals surface area contributed by atoms with Crippen molar-refractivity contribution in [3.8, 4) is 11.5 Å². The second-order valence-corrected chi connectivity index (χ2v) is 8.64. The molecule has 34 heavy (non-hydrogen) atoms. The van der Waals surface area contributed by atoms with Crippen LogP contribution in [0.1, 0.15) is 28.4 Å². The zero-order valence-corrected chi connectivity index (χ0v) is 21.0. The Labute approximate surface area is 211 Å². The zero-order chi connectivity index (χ0) is 24.7. The van der Waals surface area contributed by atoms with Crippen LogP contribution < -0.4 is 20.1 Å². The second kappa shape index (κ2) is 11.8. The number of anilines is 2. The molecule has 0 aliphatic heterocycles. The summed E-state index contributed by atoms with van der Waals surface area (Å²) in [4.78, 5) is 23.6. The van der Waals surface area contributed by atoms with E-state index in [9.17, 15) is 14.7 Å². The minimum Gasteiger partial charge on any atom is -0.490 e. The van der Waals surface area contributed by atoms with Crippen LogP contribution in [0.5, 0.6) is 11.5 Å². The molecule has 0 fully saturated rings. The van der Waals surface area contributed by atoms with Crippen molar-refractivity contribution in [2.45, 2.75) is 20.4 Å². The van der Waals surface area contributed by atoms with Gasteiger partial charge in [0.05, 0.1) is 17.2 Å². The predicted octanol–water partition coefficient (Wildman–Crippen LogP) is 6.14. The minimum absolute atomic E-state index is 0.0217. The third kappa shape index (κ3) is 6.88. The van der Waals surface area contributed by atoms with E-state index in [1.54, 1.807) is 12.1 Å². The molecular weight excluding hydrogens is 524 g/mol. The highest BCUT2D eigenvalue weighted by Gasteiger charge is 2.14. The number of hydrogen-bond donors (Lipinski definition) is 3. The van der Waals surface area contributed by atoms with Crippen molar-refractivity contribution >= 4 is 50.8 Å². The Morgan fingerprint density at radius 3 is 2.35 bits per heavy atom. The molecule has 3 rings (SSSR count). The van der Waals surface area contributed by atoms with E-state index < -0.39 is 5.97 Å². The highest BCUT2D eigenvalue weighted by Crippen LogP contribution is 2.34. The van der Waals surface area contributed by atoms with Crippen molar-refractivity contribution in [2.75, 3.05) is 23.8 Å². The Bertz CT molecular complexity index is 1180. The predicted molar refractivity (Wildman–Crippen MR) is 136 cm³/mol. The number of ether oxygens (including phenoxy) is 2. The highest BCUT2D eigenvalue weighted by molar-refractivity contribution is 9.10. The summed E-state index contributed by atoms with van der Waals surface area (Å²) in [5, 5.41) is 15.4. The van der Waals surface area contributed by atoms with Gasteiger partial charge < -0.3 is 25.2 Å². The molecule has 0 aliphatic carbocycles. The summed E-state index contributed by atoms with van der Waals surface area (Å²) in [6.07, 6.45) is 0. The van der Waals surface area contributed by atoms with Crippen molar-refractivity contribution in [3.63, 3.8) is 0 Å². The first-order valence-electron chi connectivity index (χ1n) is 10.5. The van der Waals surface area contributed by atoms with E-state index in [4.69, 9.17) is 21.1 Å². The summed E-state index contributed by atoms with van der Waals surface area (Å²) in [5.74, 6) is -0.462. The van der Waals surface area contributed by atoms with Gasteiger partial charge in [0.2, 0.25) is 0 Å². The largest absolute Gasteiger partial charge is 0.490 e. The average Bonchev–Trinajstić information content (AvgIpc) is 2.80. The molecule has 0 aromatic heterocycles. The third-order valence-corrected chi connectivity index (χ3v) is 5.85. The fourth-order valence-electron chi connectivity index (χ4n) is 3.07. The second-order valence-electron chi connectivity index (χ2n) is 7.38. The van der Waals surface area contributed by atoms with Gasteiger partial charge in [-0.3, -0.25) is 4.79 Å². The number of aromatic carboxylic acids is 1. The van der Waals surface area contributed by atoms with Crippen LogP contribution in [-0.4, -0.2) is 30.2 Å². The molecule has 9 heteroatoms. The van der Waals surface area contributed by atoms with Crippen LogP contribution in [0.2, 0.25) is 5.02 Å². The summed E-state index contributed by atoms with van der Waals surface area (Å²) < 4.78 is 12.2. The van der Waals surface area contributed by atoms with Crippen molar-refractivity contribution in [1.82, 2.24) is 0 Å². The zero-order valence-electron chi connectivity index (χ0n) is 18.7. The van der Waals surface area contributed by atoms with Gasteiger partial charge in [-0.05, 0) is 61.9 Å². The van der Waals surface area contributed by atoms with Crippen molar-refractivity contribution in [2.24, 2.45) is 0 Å². The molecule has 0 aliphatic rings. The van der Waals surface area contributed by atoms with Gasteiger partial charge in [-0.2, -0.15) is 0 Å². The maximum absolute atomic E-state index is 12.3. The number of halogens is 2. The fraction of sp³-hybridized carbons (Fsp3) is 0.200.